The highest BCUT2D eigenvalue weighted by molar-refractivity contribution is 5.39. The average Bonchev–Trinajstić information content (AvgIpc) is 2.68. The third-order valence-corrected chi connectivity index (χ3v) is 4.08. The number of nitrogens with zero attached hydrogens (tertiary/aromatic N) is 1. The van der Waals surface area contributed by atoms with Gasteiger partial charge in [-0.15, -0.1) is 0 Å². The second-order valence-corrected chi connectivity index (χ2v) is 6.24. The molecule has 0 amide bonds. The van der Waals surface area contributed by atoms with E-state index in [4.69, 9.17) is 18.9 Å². The number of hydrogen-bond acceptors (Lipinski definition) is 6. The van der Waals surface area contributed by atoms with Gasteiger partial charge >= 0.3 is 0 Å². The molecular weight excluding hydrogens is 346 g/mol. The molecule has 2 rings (SSSR count). The predicted molar refractivity (Wildman–Crippen MR) is 105 cm³/mol. The first-order chi connectivity index (χ1) is 13.1. The van der Waals surface area contributed by atoms with Crippen LogP contribution >= 0.6 is 0 Å². The molecule has 148 valence electrons. The van der Waals surface area contributed by atoms with Gasteiger partial charge in [0.15, 0.2) is 11.5 Å². The Balaban J connectivity index is 1.65. The van der Waals surface area contributed by atoms with Crippen LogP contribution < -0.4 is 14.2 Å². The third-order valence-electron chi connectivity index (χ3n) is 4.08. The fourth-order valence-electron chi connectivity index (χ4n) is 2.68. The fourth-order valence-corrected chi connectivity index (χ4v) is 2.68. The molecule has 1 unspecified atom stereocenters. The summed E-state index contributed by atoms with van der Waals surface area (Å²) in [6, 6.07) is 15.2. The number of hydrogen-bond donors (Lipinski definition) is 1. The molecule has 6 heteroatoms. The van der Waals surface area contributed by atoms with Crippen molar-refractivity contribution in [2.45, 2.75) is 12.7 Å². The van der Waals surface area contributed by atoms with Gasteiger partial charge < -0.3 is 29.0 Å². The highest BCUT2D eigenvalue weighted by atomic mass is 16.5. The van der Waals surface area contributed by atoms with Crippen LogP contribution in [0.4, 0.5) is 0 Å². The van der Waals surface area contributed by atoms with Crippen molar-refractivity contribution < 1.29 is 24.1 Å². The SMILES string of the molecule is COc1ccccc1COCC(O)CN(C)CCOc1ccccc1OC. The molecule has 0 saturated carbocycles. The molecule has 2 aromatic rings. The minimum absolute atomic E-state index is 0.260. The molecule has 1 N–H and O–H groups in total. The first-order valence-corrected chi connectivity index (χ1v) is 8.96. The lowest BCUT2D eigenvalue weighted by Crippen LogP contribution is -2.34. The molecule has 27 heavy (non-hydrogen) atoms. The first-order valence-electron chi connectivity index (χ1n) is 8.96. The van der Waals surface area contributed by atoms with Crippen molar-refractivity contribution in [3.63, 3.8) is 0 Å². The van der Waals surface area contributed by atoms with Crippen LogP contribution in [-0.4, -0.2) is 63.7 Å². The van der Waals surface area contributed by atoms with E-state index in [1.54, 1.807) is 14.2 Å². The molecule has 0 aromatic heterocycles. The quantitative estimate of drug-likeness (QED) is 0.615. The number of likely N-dealkylation sites (N-methyl/N-ethyl adjacent to an activating group) is 1. The summed E-state index contributed by atoms with van der Waals surface area (Å²) >= 11 is 0. The number of aliphatic hydroxyl groups is 1. The lowest BCUT2D eigenvalue weighted by Gasteiger charge is -2.21. The second-order valence-electron chi connectivity index (χ2n) is 6.24. The fraction of sp³-hybridized carbons (Fsp3) is 0.429. The van der Waals surface area contributed by atoms with E-state index in [2.05, 4.69) is 0 Å². The molecule has 0 bridgehead atoms. The number of aliphatic hydroxyl groups excluding tert-OH is 1. The van der Waals surface area contributed by atoms with Gasteiger partial charge in [0.25, 0.3) is 0 Å². The van der Waals surface area contributed by atoms with Gasteiger partial charge in [-0.05, 0) is 25.2 Å². The van der Waals surface area contributed by atoms with Gasteiger partial charge in [-0.3, -0.25) is 0 Å². The van der Waals surface area contributed by atoms with E-state index in [-0.39, 0.29) is 6.61 Å². The number of benzene rings is 2. The largest absolute Gasteiger partial charge is 0.496 e. The minimum Gasteiger partial charge on any atom is -0.496 e. The lowest BCUT2D eigenvalue weighted by atomic mass is 10.2. The molecular formula is C21H29NO5. The van der Waals surface area contributed by atoms with Crippen molar-refractivity contribution in [2.75, 3.05) is 47.6 Å². The van der Waals surface area contributed by atoms with Gasteiger partial charge in [-0.1, -0.05) is 30.3 Å². The van der Waals surface area contributed by atoms with Crippen LogP contribution in [0.1, 0.15) is 5.56 Å². The number of para-hydroxylation sites is 3. The summed E-state index contributed by atoms with van der Waals surface area (Å²) in [7, 11) is 5.19. The average molecular weight is 375 g/mol. The van der Waals surface area contributed by atoms with Crippen LogP contribution in [0.25, 0.3) is 0 Å². The zero-order chi connectivity index (χ0) is 19.5. The Hall–Kier alpha value is -2.28. The van der Waals surface area contributed by atoms with Crippen molar-refractivity contribution >= 4 is 0 Å². The highest BCUT2D eigenvalue weighted by Gasteiger charge is 2.10. The number of rotatable bonds is 12. The highest BCUT2D eigenvalue weighted by Crippen LogP contribution is 2.25. The maximum absolute atomic E-state index is 10.2. The molecule has 6 nitrogen and oxygen atoms in total. The van der Waals surface area contributed by atoms with Gasteiger partial charge in [-0.25, -0.2) is 0 Å². The summed E-state index contributed by atoms with van der Waals surface area (Å²) < 4.78 is 21.9. The summed E-state index contributed by atoms with van der Waals surface area (Å²) in [6.07, 6.45) is -0.573. The Morgan fingerprint density at radius 2 is 1.56 bits per heavy atom. The summed E-state index contributed by atoms with van der Waals surface area (Å²) in [5.41, 5.74) is 0.964. The molecule has 0 radical (unpaired) electrons. The van der Waals surface area contributed by atoms with E-state index in [0.717, 1.165) is 11.3 Å². The summed E-state index contributed by atoms with van der Waals surface area (Å²) in [6.45, 7) is 2.35. The summed E-state index contributed by atoms with van der Waals surface area (Å²) in [4.78, 5) is 2.01. The lowest BCUT2D eigenvalue weighted by molar-refractivity contribution is 0.0118. The Kier molecular flexibility index (Phi) is 8.91. The van der Waals surface area contributed by atoms with Crippen molar-refractivity contribution in [1.82, 2.24) is 4.90 Å². The van der Waals surface area contributed by atoms with E-state index < -0.39 is 6.10 Å². The van der Waals surface area contributed by atoms with E-state index in [0.29, 0.717) is 37.8 Å². The van der Waals surface area contributed by atoms with E-state index in [9.17, 15) is 5.11 Å². The van der Waals surface area contributed by atoms with Gasteiger partial charge in [0, 0.05) is 18.7 Å². The van der Waals surface area contributed by atoms with E-state index in [1.807, 2.05) is 60.5 Å². The Labute approximate surface area is 161 Å². The van der Waals surface area contributed by atoms with Crippen LogP contribution in [0.15, 0.2) is 48.5 Å². The Morgan fingerprint density at radius 3 is 2.26 bits per heavy atom. The maximum Gasteiger partial charge on any atom is 0.161 e. The van der Waals surface area contributed by atoms with Crippen LogP contribution in [0.2, 0.25) is 0 Å². The van der Waals surface area contributed by atoms with Gasteiger partial charge in [0.2, 0.25) is 0 Å². The van der Waals surface area contributed by atoms with Crippen molar-refractivity contribution in [3.8, 4) is 17.2 Å². The second kappa shape index (κ2) is 11.4. The smallest absolute Gasteiger partial charge is 0.161 e. The molecule has 0 aliphatic heterocycles. The molecule has 1 atom stereocenters. The molecule has 0 aliphatic rings. The summed E-state index contributed by atoms with van der Waals surface area (Å²) in [5, 5.41) is 10.2. The summed E-state index contributed by atoms with van der Waals surface area (Å²) in [5.74, 6) is 2.22. The van der Waals surface area contributed by atoms with E-state index >= 15 is 0 Å². The van der Waals surface area contributed by atoms with Crippen LogP contribution in [-0.2, 0) is 11.3 Å². The van der Waals surface area contributed by atoms with Crippen LogP contribution in [0.3, 0.4) is 0 Å². The Bertz CT molecular complexity index is 622. The van der Waals surface area contributed by atoms with Crippen molar-refractivity contribution in [1.29, 1.82) is 0 Å². The minimum atomic E-state index is -0.573. The maximum atomic E-state index is 10.2. The van der Waals surface area contributed by atoms with Crippen LogP contribution in [0, 0.1) is 0 Å². The van der Waals surface area contributed by atoms with Gasteiger partial charge in [0.1, 0.15) is 12.4 Å². The molecule has 0 saturated heterocycles. The standard InChI is InChI=1S/C21H29NO5/c1-22(12-13-27-21-11-7-6-10-20(21)25-3)14-18(23)16-26-15-17-8-4-5-9-19(17)24-2/h4-11,18,23H,12-16H2,1-3H3. The van der Waals surface area contributed by atoms with Gasteiger partial charge in [0.05, 0.1) is 33.5 Å². The Morgan fingerprint density at radius 1 is 0.926 bits per heavy atom. The molecule has 0 aliphatic carbocycles. The van der Waals surface area contributed by atoms with Crippen molar-refractivity contribution in [2.24, 2.45) is 0 Å². The zero-order valence-corrected chi connectivity index (χ0v) is 16.3. The first kappa shape index (κ1) is 21.0. The third kappa shape index (κ3) is 7.09. The monoisotopic (exact) mass is 375 g/mol. The van der Waals surface area contributed by atoms with Crippen LogP contribution in [0.5, 0.6) is 17.2 Å². The predicted octanol–water partition coefficient (Wildman–Crippen LogP) is 2.59. The molecule has 0 fully saturated rings. The topological polar surface area (TPSA) is 60.4 Å². The van der Waals surface area contributed by atoms with Gasteiger partial charge in [-0.2, -0.15) is 0 Å². The molecule has 0 heterocycles. The number of ether oxygens (including phenoxy) is 4. The normalized spacial score (nSPS) is 12.0. The molecule has 2 aromatic carbocycles. The van der Waals surface area contributed by atoms with Crippen molar-refractivity contribution in [3.05, 3.63) is 54.1 Å². The number of methoxy groups -OCH3 is 2. The molecule has 0 spiro atoms. The zero-order valence-electron chi connectivity index (χ0n) is 16.3. The van der Waals surface area contributed by atoms with E-state index in [1.165, 1.54) is 0 Å².